The van der Waals surface area contributed by atoms with Gasteiger partial charge in [-0.1, -0.05) is 0 Å². The molecule has 0 unspecified atom stereocenters. The van der Waals surface area contributed by atoms with Crippen LogP contribution in [-0.4, -0.2) is 12.1 Å². The van der Waals surface area contributed by atoms with Gasteiger partial charge in [-0.25, -0.2) is 0 Å². The standard InChI is InChI=1S/C8H8F5NO/c1-4-2-3-5(15-4)6(14)7(9,10)8(11,12)13/h2-3,6H,14H2,1H3/t6-/m0/s1. The molecule has 0 aromatic carbocycles. The van der Waals surface area contributed by atoms with E-state index >= 15 is 0 Å². The Bertz CT molecular complexity index is 343. The highest BCUT2D eigenvalue weighted by Crippen LogP contribution is 2.43. The van der Waals surface area contributed by atoms with E-state index < -0.39 is 23.9 Å². The van der Waals surface area contributed by atoms with Crippen LogP contribution in [0.2, 0.25) is 0 Å². The third-order valence-electron chi connectivity index (χ3n) is 1.84. The van der Waals surface area contributed by atoms with E-state index in [0.717, 1.165) is 6.07 Å². The Morgan fingerprint density at radius 2 is 1.73 bits per heavy atom. The summed E-state index contributed by atoms with van der Waals surface area (Å²) in [6, 6.07) is -0.257. The molecule has 0 radical (unpaired) electrons. The summed E-state index contributed by atoms with van der Waals surface area (Å²) in [5.74, 6) is -5.37. The molecule has 0 bridgehead atoms. The molecule has 2 N–H and O–H groups in total. The molecule has 1 rings (SSSR count). The smallest absolute Gasteiger partial charge is 0.455 e. The lowest BCUT2D eigenvalue weighted by Crippen LogP contribution is -2.45. The van der Waals surface area contributed by atoms with Crippen LogP contribution in [0.3, 0.4) is 0 Å². The molecule has 0 saturated heterocycles. The summed E-state index contributed by atoms with van der Waals surface area (Å²) in [4.78, 5) is 0. The highest BCUT2D eigenvalue weighted by Gasteiger charge is 2.62. The van der Waals surface area contributed by atoms with Crippen molar-refractivity contribution in [2.24, 2.45) is 5.73 Å². The first-order valence-corrected chi connectivity index (χ1v) is 3.92. The zero-order valence-corrected chi connectivity index (χ0v) is 7.61. The van der Waals surface area contributed by atoms with Gasteiger partial charge in [-0.2, -0.15) is 22.0 Å². The lowest BCUT2D eigenvalue weighted by molar-refractivity contribution is -0.292. The van der Waals surface area contributed by atoms with Crippen molar-refractivity contribution in [2.45, 2.75) is 25.1 Å². The van der Waals surface area contributed by atoms with Gasteiger partial charge in [0, 0.05) is 0 Å². The van der Waals surface area contributed by atoms with Gasteiger partial charge in [0.05, 0.1) is 0 Å². The largest absolute Gasteiger partial charge is 0.464 e. The number of aryl methyl sites for hydroxylation is 1. The first kappa shape index (κ1) is 12.0. The van der Waals surface area contributed by atoms with Crippen LogP contribution in [0.4, 0.5) is 22.0 Å². The molecule has 0 amide bonds. The van der Waals surface area contributed by atoms with Gasteiger partial charge >= 0.3 is 12.1 Å². The molecule has 0 fully saturated rings. The van der Waals surface area contributed by atoms with E-state index in [1.54, 1.807) is 0 Å². The summed E-state index contributed by atoms with van der Waals surface area (Å²) < 4.78 is 65.8. The topological polar surface area (TPSA) is 39.2 Å². The zero-order valence-electron chi connectivity index (χ0n) is 7.61. The van der Waals surface area contributed by atoms with Gasteiger partial charge in [-0.15, -0.1) is 0 Å². The summed E-state index contributed by atoms with van der Waals surface area (Å²) in [5, 5.41) is 0. The maximum absolute atomic E-state index is 12.7. The van der Waals surface area contributed by atoms with Gasteiger partial charge in [-0.3, -0.25) is 0 Å². The molecular formula is C8H8F5NO. The van der Waals surface area contributed by atoms with Crippen LogP contribution in [0.1, 0.15) is 17.6 Å². The van der Waals surface area contributed by atoms with Crippen molar-refractivity contribution in [2.75, 3.05) is 0 Å². The number of hydrogen-bond acceptors (Lipinski definition) is 2. The Balaban J connectivity index is 2.99. The van der Waals surface area contributed by atoms with E-state index in [1.807, 2.05) is 0 Å². The van der Waals surface area contributed by atoms with E-state index in [-0.39, 0.29) is 5.76 Å². The van der Waals surface area contributed by atoms with E-state index in [0.29, 0.717) is 0 Å². The Labute approximate surface area is 81.9 Å². The van der Waals surface area contributed by atoms with Gasteiger partial charge < -0.3 is 10.2 Å². The summed E-state index contributed by atoms with van der Waals surface area (Å²) in [5.41, 5.74) is 4.81. The second kappa shape index (κ2) is 3.48. The van der Waals surface area contributed by atoms with Crippen molar-refractivity contribution in [3.8, 4) is 0 Å². The van der Waals surface area contributed by atoms with Crippen LogP contribution < -0.4 is 5.73 Å². The first-order valence-electron chi connectivity index (χ1n) is 3.92. The maximum Gasteiger partial charge on any atom is 0.455 e. The number of nitrogens with two attached hydrogens (primary N) is 1. The van der Waals surface area contributed by atoms with Crippen LogP contribution >= 0.6 is 0 Å². The second-order valence-electron chi connectivity index (χ2n) is 3.05. The van der Waals surface area contributed by atoms with Crippen LogP contribution in [-0.2, 0) is 0 Å². The molecule has 1 heterocycles. The summed E-state index contributed by atoms with van der Waals surface area (Å²) >= 11 is 0. The van der Waals surface area contributed by atoms with Crippen molar-refractivity contribution < 1.29 is 26.4 Å². The molecule has 2 nitrogen and oxygen atoms in total. The van der Waals surface area contributed by atoms with Gasteiger partial charge in [0.25, 0.3) is 0 Å². The second-order valence-corrected chi connectivity index (χ2v) is 3.05. The van der Waals surface area contributed by atoms with Crippen LogP contribution in [0.5, 0.6) is 0 Å². The van der Waals surface area contributed by atoms with Crippen molar-refractivity contribution in [3.05, 3.63) is 23.7 Å². The number of alkyl halides is 5. The summed E-state index contributed by atoms with van der Waals surface area (Å²) in [6.45, 7) is 1.42. The van der Waals surface area contributed by atoms with Crippen molar-refractivity contribution in [1.29, 1.82) is 0 Å². The lowest BCUT2D eigenvalue weighted by atomic mass is 10.1. The van der Waals surface area contributed by atoms with Crippen LogP contribution in [0.15, 0.2) is 16.5 Å². The Hall–Kier alpha value is -1.11. The zero-order chi connectivity index (χ0) is 11.9. The van der Waals surface area contributed by atoms with Gasteiger partial charge in [0.1, 0.15) is 17.6 Å². The lowest BCUT2D eigenvalue weighted by Gasteiger charge is -2.24. The van der Waals surface area contributed by atoms with Crippen LogP contribution in [0, 0.1) is 6.92 Å². The normalized spacial score (nSPS) is 15.4. The fraction of sp³-hybridized carbons (Fsp3) is 0.500. The van der Waals surface area contributed by atoms with E-state index in [4.69, 9.17) is 5.73 Å². The molecule has 0 aliphatic heterocycles. The maximum atomic E-state index is 12.7. The van der Waals surface area contributed by atoms with E-state index in [9.17, 15) is 22.0 Å². The SMILES string of the molecule is Cc1ccc([C@H](N)C(F)(F)C(F)(F)F)o1. The molecule has 1 atom stereocenters. The highest BCUT2D eigenvalue weighted by atomic mass is 19.4. The third kappa shape index (κ3) is 2.11. The first-order chi connectivity index (χ1) is 6.66. The minimum absolute atomic E-state index is 0.221. The number of hydrogen-bond donors (Lipinski definition) is 1. The minimum Gasteiger partial charge on any atom is -0.464 e. The van der Waals surface area contributed by atoms with Gasteiger partial charge in [-0.05, 0) is 19.1 Å². The molecule has 0 saturated carbocycles. The summed E-state index contributed by atoms with van der Waals surface area (Å²) in [7, 11) is 0. The molecule has 0 spiro atoms. The average molecular weight is 229 g/mol. The third-order valence-corrected chi connectivity index (χ3v) is 1.84. The average Bonchev–Trinajstić information content (AvgIpc) is 2.48. The summed E-state index contributed by atoms with van der Waals surface area (Å²) in [6.07, 6.45) is -5.69. The molecule has 0 aliphatic carbocycles. The van der Waals surface area contributed by atoms with Crippen molar-refractivity contribution >= 4 is 0 Å². The van der Waals surface area contributed by atoms with E-state index in [2.05, 4.69) is 4.42 Å². The molecule has 86 valence electrons. The Kier molecular flexibility index (Phi) is 2.77. The monoisotopic (exact) mass is 229 g/mol. The molecule has 1 aromatic heterocycles. The number of furan rings is 1. The fourth-order valence-corrected chi connectivity index (χ4v) is 0.976. The predicted octanol–water partition coefficient (Wildman–Crippen LogP) is 2.79. The highest BCUT2D eigenvalue weighted by molar-refractivity contribution is 5.13. The minimum atomic E-state index is -5.69. The molecule has 15 heavy (non-hydrogen) atoms. The van der Waals surface area contributed by atoms with Gasteiger partial charge in [0.2, 0.25) is 0 Å². The predicted molar refractivity (Wildman–Crippen MR) is 41.4 cm³/mol. The molecular weight excluding hydrogens is 221 g/mol. The van der Waals surface area contributed by atoms with E-state index in [1.165, 1.54) is 13.0 Å². The fourth-order valence-electron chi connectivity index (χ4n) is 0.976. The molecule has 1 aromatic rings. The number of rotatable bonds is 2. The van der Waals surface area contributed by atoms with Crippen molar-refractivity contribution in [1.82, 2.24) is 0 Å². The van der Waals surface area contributed by atoms with Crippen LogP contribution in [0.25, 0.3) is 0 Å². The Morgan fingerprint density at radius 3 is 2.07 bits per heavy atom. The van der Waals surface area contributed by atoms with Crippen molar-refractivity contribution in [3.63, 3.8) is 0 Å². The van der Waals surface area contributed by atoms with Gasteiger partial charge in [0.15, 0.2) is 0 Å². The molecule has 0 aliphatic rings. The molecule has 7 heteroatoms. The Morgan fingerprint density at radius 1 is 1.20 bits per heavy atom. The quantitative estimate of drug-likeness (QED) is 0.792. The number of halogens is 5.